The van der Waals surface area contributed by atoms with Crippen LogP contribution in [0.15, 0.2) is 0 Å². The molecule has 2 N–H and O–H groups in total. The average Bonchev–Trinajstić information content (AvgIpc) is 2.37. The molecule has 1 saturated heterocycles. The highest BCUT2D eigenvalue weighted by Gasteiger charge is 2.20. The topological polar surface area (TPSA) is 59.6 Å². The molecule has 1 heterocycles. The Balaban J connectivity index is 2.30. The summed E-state index contributed by atoms with van der Waals surface area (Å²) in [6.45, 7) is 13.2. The second kappa shape index (κ2) is 8.59. The van der Waals surface area contributed by atoms with E-state index in [1.165, 1.54) is 0 Å². The first-order chi connectivity index (χ1) is 9.78. The molecule has 0 radical (unpaired) electrons. The Morgan fingerprint density at radius 1 is 1.24 bits per heavy atom. The van der Waals surface area contributed by atoms with Crippen LogP contribution in [-0.2, 0) is 9.47 Å². The maximum absolute atomic E-state index is 11.7. The van der Waals surface area contributed by atoms with Gasteiger partial charge in [0.25, 0.3) is 0 Å². The highest BCUT2D eigenvalue weighted by molar-refractivity contribution is 5.67. The zero-order valence-corrected chi connectivity index (χ0v) is 14.2. The summed E-state index contributed by atoms with van der Waals surface area (Å²) in [4.78, 5) is 11.7. The minimum atomic E-state index is -0.447. The average molecular weight is 300 g/mol. The van der Waals surface area contributed by atoms with Crippen molar-refractivity contribution < 1.29 is 14.3 Å². The van der Waals surface area contributed by atoms with E-state index in [0.717, 1.165) is 32.6 Å². The molecule has 0 aliphatic carbocycles. The third kappa shape index (κ3) is 8.27. The lowest BCUT2D eigenvalue weighted by Crippen LogP contribution is -2.43. The van der Waals surface area contributed by atoms with E-state index in [2.05, 4.69) is 24.5 Å². The summed E-state index contributed by atoms with van der Waals surface area (Å²) in [5.74, 6) is 0.910. The van der Waals surface area contributed by atoms with Gasteiger partial charge in [-0.1, -0.05) is 13.8 Å². The van der Waals surface area contributed by atoms with Crippen molar-refractivity contribution in [2.24, 2.45) is 11.8 Å². The Hall–Kier alpha value is -0.810. The van der Waals surface area contributed by atoms with Crippen molar-refractivity contribution in [2.45, 2.75) is 59.1 Å². The molecule has 5 nitrogen and oxygen atoms in total. The van der Waals surface area contributed by atoms with Crippen molar-refractivity contribution in [1.29, 1.82) is 0 Å². The van der Waals surface area contributed by atoms with Crippen LogP contribution in [0.25, 0.3) is 0 Å². The first kappa shape index (κ1) is 18.2. The van der Waals surface area contributed by atoms with Gasteiger partial charge in [-0.15, -0.1) is 0 Å². The van der Waals surface area contributed by atoms with E-state index in [4.69, 9.17) is 9.47 Å². The molecule has 1 fully saturated rings. The van der Waals surface area contributed by atoms with Gasteiger partial charge < -0.3 is 20.1 Å². The summed E-state index contributed by atoms with van der Waals surface area (Å²) in [6.07, 6.45) is 1.81. The largest absolute Gasteiger partial charge is 0.444 e. The Morgan fingerprint density at radius 2 is 1.86 bits per heavy atom. The van der Waals surface area contributed by atoms with Gasteiger partial charge in [-0.2, -0.15) is 0 Å². The number of carbonyl (C=O) groups is 1. The quantitative estimate of drug-likeness (QED) is 0.791. The van der Waals surface area contributed by atoms with Gasteiger partial charge in [-0.05, 0) is 45.4 Å². The minimum absolute atomic E-state index is 0.334. The van der Waals surface area contributed by atoms with Crippen LogP contribution in [0.4, 0.5) is 4.79 Å². The molecule has 0 aromatic rings. The predicted octanol–water partition coefficient (Wildman–Crippen LogP) is 2.55. The standard InChI is InChI=1S/C16H32N2O3/c1-12(2)13(10-17-14-6-8-20-9-7-14)11-18-15(19)21-16(3,4)5/h12-14,17H,6-11H2,1-5H3,(H,18,19). The van der Waals surface area contributed by atoms with Crippen LogP contribution >= 0.6 is 0 Å². The number of hydrogen-bond donors (Lipinski definition) is 2. The van der Waals surface area contributed by atoms with Crippen molar-refractivity contribution in [3.05, 3.63) is 0 Å². The lowest BCUT2D eigenvalue weighted by atomic mass is 9.95. The molecule has 124 valence electrons. The summed E-state index contributed by atoms with van der Waals surface area (Å²) >= 11 is 0. The number of amides is 1. The molecule has 0 saturated carbocycles. The predicted molar refractivity (Wildman–Crippen MR) is 84.4 cm³/mol. The van der Waals surface area contributed by atoms with E-state index in [-0.39, 0.29) is 6.09 Å². The fourth-order valence-electron chi connectivity index (χ4n) is 2.29. The van der Waals surface area contributed by atoms with E-state index < -0.39 is 5.60 Å². The normalized spacial score (nSPS) is 18.6. The molecule has 0 bridgehead atoms. The van der Waals surface area contributed by atoms with Crippen molar-refractivity contribution in [3.63, 3.8) is 0 Å². The van der Waals surface area contributed by atoms with E-state index in [1.54, 1.807) is 0 Å². The van der Waals surface area contributed by atoms with Crippen LogP contribution in [-0.4, -0.2) is 44.0 Å². The van der Waals surface area contributed by atoms with Gasteiger partial charge in [0.05, 0.1) is 0 Å². The maximum atomic E-state index is 11.7. The third-order valence-corrected chi connectivity index (χ3v) is 3.74. The first-order valence-electron chi connectivity index (χ1n) is 8.06. The van der Waals surface area contributed by atoms with Crippen LogP contribution in [0.1, 0.15) is 47.5 Å². The Labute approximate surface area is 129 Å². The van der Waals surface area contributed by atoms with E-state index in [1.807, 2.05) is 20.8 Å². The van der Waals surface area contributed by atoms with Crippen molar-refractivity contribution >= 4 is 6.09 Å². The van der Waals surface area contributed by atoms with Gasteiger partial charge >= 0.3 is 6.09 Å². The first-order valence-corrected chi connectivity index (χ1v) is 8.06. The molecule has 1 unspecified atom stereocenters. The molecule has 1 atom stereocenters. The van der Waals surface area contributed by atoms with Crippen LogP contribution in [0, 0.1) is 11.8 Å². The lowest BCUT2D eigenvalue weighted by Gasteiger charge is -2.28. The van der Waals surface area contributed by atoms with Crippen LogP contribution in [0.2, 0.25) is 0 Å². The van der Waals surface area contributed by atoms with Crippen LogP contribution < -0.4 is 10.6 Å². The third-order valence-electron chi connectivity index (χ3n) is 3.74. The zero-order valence-electron chi connectivity index (χ0n) is 14.2. The second-order valence-electron chi connectivity index (χ2n) is 7.18. The van der Waals surface area contributed by atoms with E-state index in [0.29, 0.717) is 24.4 Å². The minimum Gasteiger partial charge on any atom is -0.444 e. The van der Waals surface area contributed by atoms with E-state index in [9.17, 15) is 4.79 Å². The summed E-state index contributed by atoms with van der Waals surface area (Å²) in [5.41, 5.74) is -0.447. The molecular formula is C16H32N2O3. The van der Waals surface area contributed by atoms with Gasteiger partial charge in [0.2, 0.25) is 0 Å². The van der Waals surface area contributed by atoms with Crippen LogP contribution in [0.5, 0.6) is 0 Å². The zero-order chi connectivity index (χ0) is 15.9. The summed E-state index contributed by atoms with van der Waals surface area (Å²) in [5, 5.41) is 6.49. The smallest absolute Gasteiger partial charge is 0.407 e. The molecule has 0 aromatic carbocycles. The molecule has 1 rings (SSSR count). The number of carbonyl (C=O) groups excluding carboxylic acids is 1. The Morgan fingerprint density at radius 3 is 2.38 bits per heavy atom. The summed E-state index contributed by atoms with van der Waals surface area (Å²) < 4.78 is 10.6. The molecule has 0 spiro atoms. The molecule has 1 amide bonds. The Bertz CT molecular complexity index is 307. The van der Waals surface area contributed by atoms with Crippen molar-refractivity contribution in [2.75, 3.05) is 26.3 Å². The van der Waals surface area contributed by atoms with Gasteiger partial charge in [0, 0.05) is 32.3 Å². The van der Waals surface area contributed by atoms with Crippen molar-refractivity contribution in [1.82, 2.24) is 10.6 Å². The lowest BCUT2D eigenvalue weighted by molar-refractivity contribution is 0.0512. The SMILES string of the molecule is CC(C)C(CNC(=O)OC(C)(C)C)CNC1CCOCC1. The number of nitrogens with one attached hydrogen (secondary N) is 2. The summed E-state index contributed by atoms with van der Waals surface area (Å²) in [7, 11) is 0. The number of ether oxygens (including phenoxy) is 2. The molecular weight excluding hydrogens is 268 g/mol. The molecule has 5 heteroatoms. The molecule has 0 aromatic heterocycles. The Kier molecular flexibility index (Phi) is 7.46. The maximum Gasteiger partial charge on any atom is 0.407 e. The fraction of sp³-hybridized carbons (Fsp3) is 0.938. The highest BCUT2D eigenvalue weighted by Crippen LogP contribution is 2.12. The van der Waals surface area contributed by atoms with Gasteiger partial charge in [0.15, 0.2) is 0 Å². The monoisotopic (exact) mass is 300 g/mol. The second-order valence-corrected chi connectivity index (χ2v) is 7.18. The molecule has 21 heavy (non-hydrogen) atoms. The van der Waals surface area contributed by atoms with Gasteiger partial charge in [0.1, 0.15) is 5.60 Å². The molecule has 1 aliphatic rings. The fourth-order valence-corrected chi connectivity index (χ4v) is 2.29. The summed E-state index contributed by atoms with van der Waals surface area (Å²) in [6, 6.07) is 0.543. The number of rotatable bonds is 6. The number of alkyl carbamates (subject to hydrolysis) is 1. The molecule has 1 aliphatic heterocycles. The van der Waals surface area contributed by atoms with Crippen molar-refractivity contribution in [3.8, 4) is 0 Å². The highest BCUT2D eigenvalue weighted by atomic mass is 16.6. The van der Waals surface area contributed by atoms with E-state index >= 15 is 0 Å². The van der Waals surface area contributed by atoms with Gasteiger partial charge in [-0.3, -0.25) is 0 Å². The number of hydrogen-bond acceptors (Lipinski definition) is 4. The van der Waals surface area contributed by atoms with Gasteiger partial charge in [-0.25, -0.2) is 4.79 Å². The van der Waals surface area contributed by atoms with Crippen LogP contribution in [0.3, 0.4) is 0 Å².